The molecule has 1 aliphatic rings. The third kappa shape index (κ3) is 8.36. The maximum Gasteiger partial charge on any atom is 0.490 e. The van der Waals surface area contributed by atoms with Gasteiger partial charge in [0, 0.05) is 31.3 Å². The van der Waals surface area contributed by atoms with E-state index in [1.54, 1.807) is 11.0 Å². The maximum atomic E-state index is 12.3. The van der Waals surface area contributed by atoms with Gasteiger partial charge in [0.1, 0.15) is 0 Å². The highest BCUT2D eigenvalue weighted by atomic mass is 32.2. The fraction of sp³-hybridized carbons (Fsp3) is 0.474. The average Bonchev–Trinajstić information content (AvgIpc) is 2.71. The van der Waals surface area contributed by atoms with Crippen LogP contribution in [-0.2, 0) is 19.4 Å². The summed E-state index contributed by atoms with van der Waals surface area (Å²) in [6.45, 7) is 3.01. The van der Waals surface area contributed by atoms with Crippen LogP contribution in [0, 0.1) is 0 Å². The number of carbonyl (C=O) groups is 3. The fourth-order valence-corrected chi connectivity index (χ4v) is 4.17. The number of aliphatic carboxylic acids is 1. The lowest BCUT2D eigenvalue weighted by Gasteiger charge is -2.32. The van der Waals surface area contributed by atoms with E-state index in [-0.39, 0.29) is 28.2 Å². The van der Waals surface area contributed by atoms with Crippen molar-refractivity contribution in [3.63, 3.8) is 0 Å². The van der Waals surface area contributed by atoms with Crippen molar-refractivity contribution in [1.29, 1.82) is 0 Å². The Hall–Kier alpha value is -3.16. The third-order valence-corrected chi connectivity index (χ3v) is 5.88. The minimum absolute atomic E-state index is 0.00728. The molecule has 0 saturated carbocycles. The topological polar surface area (TPSA) is 173 Å². The van der Waals surface area contributed by atoms with E-state index >= 15 is 0 Å². The molecule has 0 radical (unpaired) electrons. The Bertz CT molecular complexity index is 1030. The van der Waals surface area contributed by atoms with Crippen molar-refractivity contribution in [3.8, 4) is 0 Å². The maximum absolute atomic E-state index is 12.3. The number of rotatable bonds is 4. The van der Waals surface area contributed by atoms with Gasteiger partial charge in [0.05, 0.1) is 4.90 Å². The number of alkyl halides is 3. The third-order valence-electron chi connectivity index (χ3n) is 4.72. The molecule has 33 heavy (non-hydrogen) atoms. The summed E-state index contributed by atoms with van der Waals surface area (Å²) in [6.07, 6.45) is -2.16. The van der Waals surface area contributed by atoms with Gasteiger partial charge in [0.25, 0.3) is 5.91 Å². The number of hydrogen-bond acceptors (Lipinski definition) is 5. The van der Waals surface area contributed by atoms with Crippen molar-refractivity contribution >= 4 is 33.6 Å². The summed E-state index contributed by atoms with van der Waals surface area (Å²) in [4.78, 5) is 38.0. The molecule has 1 aromatic carbocycles. The van der Waals surface area contributed by atoms with Crippen LogP contribution in [-0.4, -0.2) is 67.7 Å². The van der Waals surface area contributed by atoms with Gasteiger partial charge in [-0.15, -0.1) is 0 Å². The molecule has 0 spiro atoms. The number of guanidine groups is 1. The lowest BCUT2D eigenvalue weighted by atomic mass is 9.88. The lowest BCUT2D eigenvalue weighted by molar-refractivity contribution is -0.192. The normalized spacial score (nSPS) is 14.6. The summed E-state index contributed by atoms with van der Waals surface area (Å²) >= 11 is 0. The highest BCUT2D eigenvalue weighted by Crippen LogP contribution is 2.33. The fourth-order valence-electron chi connectivity index (χ4n) is 3.17. The van der Waals surface area contributed by atoms with Crippen molar-refractivity contribution in [2.45, 2.75) is 43.2 Å². The van der Waals surface area contributed by atoms with Crippen molar-refractivity contribution in [3.05, 3.63) is 29.3 Å². The zero-order valence-corrected chi connectivity index (χ0v) is 18.7. The number of halogens is 3. The van der Waals surface area contributed by atoms with Crippen LogP contribution in [0.3, 0.4) is 0 Å². The Balaban J connectivity index is 0.000000675. The highest BCUT2D eigenvalue weighted by molar-refractivity contribution is 7.90. The van der Waals surface area contributed by atoms with E-state index in [2.05, 4.69) is 4.99 Å². The number of amides is 2. The van der Waals surface area contributed by atoms with E-state index < -0.39 is 27.9 Å². The first-order chi connectivity index (χ1) is 15.1. The Morgan fingerprint density at radius 1 is 1.18 bits per heavy atom. The van der Waals surface area contributed by atoms with E-state index in [9.17, 15) is 31.2 Å². The SMILES string of the molecule is CCC(=O)N1CCC(c2ccc(C(=O)N=C(N)N)cc2S(C)(=O)=O)CC1.O=C(O)C(F)(F)F. The number of carboxylic acid groups (broad SMARTS) is 1. The number of aliphatic imine (C=N–C) groups is 1. The quantitative estimate of drug-likeness (QED) is 0.414. The molecule has 10 nitrogen and oxygen atoms in total. The van der Waals surface area contributed by atoms with E-state index in [4.69, 9.17) is 21.4 Å². The Kier molecular flexibility index (Phi) is 9.39. The van der Waals surface area contributed by atoms with Crippen molar-refractivity contribution < 1.29 is 41.1 Å². The second-order valence-corrected chi connectivity index (χ2v) is 9.16. The smallest absolute Gasteiger partial charge is 0.475 e. The van der Waals surface area contributed by atoms with Gasteiger partial charge >= 0.3 is 12.1 Å². The van der Waals surface area contributed by atoms with Crippen molar-refractivity contribution in [2.75, 3.05) is 19.3 Å². The molecule has 1 aliphatic heterocycles. The molecular weight excluding hydrogens is 469 g/mol. The monoisotopic (exact) mass is 494 g/mol. The van der Waals surface area contributed by atoms with Gasteiger partial charge in [-0.2, -0.15) is 18.2 Å². The molecule has 0 unspecified atom stereocenters. The number of nitrogens with two attached hydrogens (primary N) is 2. The van der Waals surface area contributed by atoms with Gasteiger partial charge in [-0.1, -0.05) is 13.0 Å². The highest BCUT2D eigenvalue weighted by Gasteiger charge is 2.38. The first-order valence-corrected chi connectivity index (χ1v) is 11.5. The number of likely N-dealkylation sites (tertiary alicyclic amines) is 1. The second-order valence-electron chi connectivity index (χ2n) is 7.18. The second kappa shape index (κ2) is 11.1. The summed E-state index contributed by atoms with van der Waals surface area (Å²) in [7, 11) is -3.55. The number of sulfone groups is 1. The van der Waals surface area contributed by atoms with Crippen LogP contribution < -0.4 is 11.5 Å². The summed E-state index contributed by atoms with van der Waals surface area (Å²) in [5.74, 6) is -3.72. The zero-order valence-electron chi connectivity index (χ0n) is 17.9. The summed E-state index contributed by atoms with van der Waals surface area (Å²) in [6, 6.07) is 4.50. The van der Waals surface area contributed by atoms with Gasteiger partial charge < -0.3 is 21.5 Å². The van der Waals surface area contributed by atoms with Gasteiger partial charge in [0.15, 0.2) is 15.8 Å². The predicted octanol–water partition coefficient (Wildman–Crippen LogP) is 1.25. The Labute approximate surface area is 188 Å². The molecule has 1 heterocycles. The van der Waals surface area contributed by atoms with E-state index in [1.807, 2.05) is 6.92 Å². The minimum atomic E-state index is -5.08. The van der Waals surface area contributed by atoms with Gasteiger partial charge in [-0.05, 0) is 36.5 Å². The zero-order chi connectivity index (χ0) is 25.6. The molecule has 0 aromatic heterocycles. The van der Waals surface area contributed by atoms with E-state index in [0.29, 0.717) is 37.9 Å². The molecular formula is C19H25F3N4O6S. The molecule has 0 aliphatic carbocycles. The molecule has 2 rings (SSSR count). The number of hydrogen-bond donors (Lipinski definition) is 3. The molecule has 2 amide bonds. The van der Waals surface area contributed by atoms with E-state index in [1.165, 1.54) is 12.1 Å². The lowest BCUT2D eigenvalue weighted by Crippen LogP contribution is -2.37. The minimum Gasteiger partial charge on any atom is -0.475 e. The Morgan fingerprint density at radius 3 is 2.09 bits per heavy atom. The molecule has 5 N–H and O–H groups in total. The molecule has 184 valence electrons. The molecule has 1 aromatic rings. The first kappa shape index (κ1) is 27.9. The van der Waals surface area contributed by atoms with Crippen molar-refractivity contribution in [2.24, 2.45) is 16.5 Å². The largest absolute Gasteiger partial charge is 0.490 e. The van der Waals surface area contributed by atoms with Gasteiger partial charge in [-0.25, -0.2) is 13.2 Å². The molecule has 0 atom stereocenters. The average molecular weight is 494 g/mol. The summed E-state index contributed by atoms with van der Waals surface area (Å²) < 4.78 is 56.2. The van der Waals surface area contributed by atoms with Crippen LogP contribution in [0.15, 0.2) is 28.1 Å². The number of piperidine rings is 1. The summed E-state index contributed by atoms with van der Waals surface area (Å²) in [5.41, 5.74) is 11.2. The first-order valence-electron chi connectivity index (χ1n) is 9.63. The predicted molar refractivity (Wildman–Crippen MR) is 112 cm³/mol. The molecule has 0 bridgehead atoms. The number of carbonyl (C=O) groups excluding carboxylic acids is 2. The van der Waals surface area contributed by atoms with Crippen LogP contribution >= 0.6 is 0 Å². The van der Waals surface area contributed by atoms with Gasteiger partial charge in [0.2, 0.25) is 5.91 Å². The van der Waals surface area contributed by atoms with Crippen molar-refractivity contribution in [1.82, 2.24) is 4.90 Å². The van der Waals surface area contributed by atoms with Crippen LogP contribution in [0.4, 0.5) is 13.2 Å². The van der Waals surface area contributed by atoms with Crippen LogP contribution in [0.5, 0.6) is 0 Å². The number of benzene rings is 1. The summed E-state index contributed by atoms with van der Waals surface area (Å²) in [5, 5.41) is 7.12. The molecule has 1 fully saturated rings. The standard InChI is InChI=1S/C17H24N4O4S.C2HF3O2/c1-3-15(22)21-8-6-11(7-9-21)13-5-4-12(16(23)20-17(18)19)10-14(13)26(2,24)25;3-2(4,5)1(6)7/h4-5,10-11H,3,6-9H2,1-2H3,(H4,18,19,20,23);(H,6,7). The van der Waals surface area contributed by atoms with Gasteiger partial charge in [-0.3, -0.25) is 9.59 Å². The number of carboxylic acids is 1. The number of nitrogens with zero attached hydrogens (tertiary/aromatic N) is 2. The van der Waals surface area contributed by atoms with Crippen LogP contribution in [0.2, 0.25) is 0 Å². The molecule has 1 saturated heterocycles. The van der Waals surface area contributed by atoms with E-state index in [0.717, 1.165) is 6.26 Å². The Morgan fingerprint density at radius 2 is 1.70 bits per heavy atom. The van der Waals surface area contributed by atoms with Crippen LogP contribution in [0.1, 0.15) is 48.0 Å². The molecule has 14 heteroatoms. The van der Waals surface area contributed by atoms with Crippen LogP contribution in [0.25, 0.3) is 0 Å².